The van der Waals surface area contributed by atoms with Crippen LogP contribution in [0.25, 0.3) is 10.4 Å². The topological polar surface area (TPSA) is 36.4 Å². The molecule has 19 heavy (non-hydrogen) atoms. The van der Waals surface area contributed by atoms with Crippen molar-refractivity contribution >= 4 is 11.3 Å². The molecule has 2 aromatic rings. The van der Waals surface area contributed by atoms with Gasteiger partial charge in [0, 0.05) is 19.6 Å². The number of aromatic nitrogens is 1. The fourth-order valence-corrected chi connectivity index (χ4v) is 3.37. The molecule has 0 saturated carbocycles. The molecule has 4 heteroatoms. The third-order valence-electron chi connectivity index (χ3n) is 3.62. The molecule has 2 heterocycles. The highest BCUT2D eigenvalue weighted by Crippen LogP contribution is 2.27. The highest BCUT2D eigenvalue weighted by atomic mass is 32.1. The van der Waals surface area contributed by atoms with Crippen LogP contribution in [-0.4, -0.2) is 34.2 Å². The van der Waals surface area contributed by atoms with Crippen molar-refractivity contribution in [2.75, 3.05) is 13.1 Å². The van der Waals surface area contributed by atoms with Crippen molar-refractivity contribution in [2.24, 2.45) is 0 Å². The van der Waals surface area contributed by atoms with E-state index < -0.39 is 0 Å². The van der Waals surface area contributed by atoms with Crippen LogP contribution in [0, 0.1) is 6.92 Å². The van der Waals surface area contributed by atoms with E-state index >= 15 is 0 Å². The van der Waals surface area contributed by atoms with Crippen molar-refractivity contribution in [3.8, 4) is 10.4 Å². The maximum absolute atomic E-state index is 9.53. The SMILES string of the molecule is Cc1ncsc1-c1ccc(CN2CCC(O)C2)cc1. The summed E-state index contributed by atoms with van der Waals surface area (Å²) in [6.45, 7) is 4.77. The molecule has 1 atom stereocenters. The summed E-state index contributed by atoms with van der Waals surface area (Å²) in [6, 6.07) is 8.70. The Morgan fingerprint density at radius 2 is 2.16 bits per heavy atom. The van der Waals surface area contributed by atoms with Crippen molar-refractivity contribution in [1.29, 1.82) is 0 Å². The number of likely N-dealkylation sites (tertiary alicyclic amines) is 1. The molecule has 1 saturated heterocycles. The smallest absolute Gasteiger partial charge is 0.0801 e. The van der Waals surface area contributed by atoms with Gasteiger partial charge in [-0.05, 0) is 24.5 Å². The van der Waals surface area contributed by atoms with Gasteiger partial charge in [-0.1, -0.05) is 24.3 Å². The second-order valence-electron chi connectivity index (χ2n) is 5.14. The predicted molar refractivity (Wildman–Crippen MR) is 78.2 cm³/mol. The van der Waals surface area contributed by atoms with E-state index in [1.165, 1.54) is 16.0 Å². The van der Waals surface area contributed by atoms with Crippen LogP contribution in [0.5, 0.6) is 0 Å². The van der Waals surface area contributed by atoms with Crippen molar-refractivity contribution in [2.45, 2.75) is 26.0 Å². The molecule has 100 valence electrons. The number of β-amino-alcohol motifs (C(OH)–C–C–N with tert-alkyl or cyclic N) is 1. The lowest BCUT2D eigenvalue weighted by atomic mass is 10.1. The second-order valence-corrected chi connectivity index (χ2v) is 6.00. The van der Waals surface area contributed by atoms with E-state index in [2.05, 4.69) is 34.1 Å². The first-order valence-corrected chi connectivity index (χ1v) is 7.50. The summed E-state index contributed by atoms with van der Waals surface area (Å²) in [5.41, 5.74) is 5.54. The van der Waals surface area contributed by atoms with Crippen LogP contribution in [-0.2, 0) is 6.54 Å². The van der Waals surface area contributed by atoms with Crippen LogP contribution < -0.4 is 0 Å². The third kappa shape index (κ3) is 2.86. The van der Waals surface area contributed by atoms with Crippen LogP contribution in [0.15, 0.2) is 29.8 Å². The first-order valence-electron chi connectivity index (χ1n) is 6.62. The molecule has 0 aliphatic carbocycles. The van der Waals surface area contributed by atoms with E-state index in [0.717, 1.165) is 31.7 Å². The van der Waals surface area contributed by atoms with Gasteiger partial charge in [-0.3, -0.25) is 4.90 Å². The van der Waals surface area contributed by atoms with E-state index in [0.29, 0.717) is 0 Å². The van der Waals surface area contributed by atoms with Gasteiger partial charge in [0.15, 0.2) is 0 Å². The quantitative estimate of drug-likeness (QED) is 0.935. The standard InChI is InChI=1S/C15H18N2OS/c1-11-15(19-10-16-11)13-4-2-12(3-5-13)8-17-7-6-14(18)9-17/h2-5,10,14,18H,6-9H2,1H3. The zero-order chi connectivity index (χ0) is 13.2. The van der Waals surface area contributed by atoms with Gasteiger partial charge in [0.2, 0.25) is 0 Å². The van der Waals surface area contributed by atoms with E-state index in [1.807, 2.05) is 12.4 Å². The minimum absolute atomic E-state index is 0.140. The van der Waals surface area contributed by atoms with E-state index in [-0.39, 0.29) is 6.10 Å². The molecule has 1 aliphatic heterocycles. The number of aryl methyl sites for hydroxylation is 1. The normalized spacial score (nSPS) is 20.0. The van der Waals surface area contributed by atoms with Gasteiger partial charge in [0.25, 0.3) is 0 Å². The summed E-state index contributed by atoms with van der Waals surface area (Å²) in [5.74, 6) is 0. The zero-order valence-electron chi connectivity index (χ0n) is 11.0. The van der Waals surface area contributed by atoms with Gasteiger partial charge in [-0.25, -0.2) is 4.98 Å². The maximum atomic E-state index is 9.53. The Balaban J connectivity index is 1.71. The lowest BCUT2D eigenvalue weighted by Gasteiger charge is -2.15. The largest absolute Gasteiger partial charge is 0.392 e. The number of hydrogen-bond acceptors (Lipinski definition) is 4. The van der Waals surface area contributed by atoms with Crippen molar-refractivity contribution in [3.63, 3.8) is 0 Å². The Morgan fingerprint density at radius 3 is 2.74 bits per heavy atom. The Labute approximate surface area is 117 Å². The van der Waals surface area contributed by atoms with E-state index in [9.17, 15) is 5.11 Å². The van der Waals surface area contributed by atoms with E-state index in [1.54, 1.807) is 11.3 Å². The highest BCUT2D eigenvalue weighted by molar-refractivity contribution is 7.13. The molecule has 1 unspecified atom stereocenters. The molecule has 0 amide bonds. The Morgan fingerprint density at radius 1 is 1.37 bits per heavy atom. The van der Waals surface area contributed by atoms with Crippen LogP contribution in [0.1, 0.15) is 17.7 Å². The van der Waals surface area contributed by atoms with Gasteiger partial charge in [0.1, 0.15) is 0 Å². The minimum Gasteiger partial charge on any atom is -0.392 e. The minimum atomic E-state index is -0.140. The Bertz CT molecular complexity index is 550. The number of thiazole rings is 1. The lowest BCUT2D eigenvalue weighted by Crippen LogP contribution is -2.21. The summed E-state index contributed by atoms with van der Waals surface area (Å²) < 4.78 is 0. The van der Waals surface area contributed by atoms with Crippen LogP contribution in [0.2, 0.25) is 0 Å². The first-order chi connectivity index (χ1) is 9.22. The molecule has 1 fully saturated rings. The van der Waals surface area contributed by atoms with Gasteiger partial charge in [-0.2, -0.15) is 0 Å². The molecular formula is C15H18N2OS. The van der Waals surface area contributed by atoms with Crippen LogP contribution >= 0.6 is 11.3 Å². The number of nitrogens with zero attached hydrogens (tertiary/aromatic N) is 2. The number of benzene rings is 1. The zero-order valence-corrected chi connectivity index (χ0v) is 11.9. The third-order valence-corrected chi connectivity index (χ3v) is 4.59. The molecule has 0 bridgehead atoms. The maximum Gasteiger partial charge on any atom is 0.0801 e. The number of hydrogen-bond donors (Lipinski definition) is 1. The fraction of sp³-hybridized carbons (Fsp3) is 0.400. The predicted octanol–water partition coefficient (Wildman–Crippen LogP) is 2.69. The molecule has 1 aliphatic rings. The molecule has 3 nitrogen and oxygen atoms in total. The molecule has 1 aromatic heterocycles. The second kappa shape index (κ2) is 5.41. The van der Waals surface area contributed by atoms with Gasteiger partial charge in [-0.15, -0.1) is 11.3 Å². The summed E-state index contributed by atoms with van der Waals surface area (Å²) in [4.78, 5) is 7.85. The molecule has 0 radical (unpaired) electrons. The van der Waals surface area contributed by atoms with Crippen molar-refractivity contribution in [1.82, 2.24) is 9.88 Å². The average molecular weight is 274 g/mol. The van der Waals surface area contributed by atoms with E-state index in [4.69, 9.17) is 0 Å². The molecule has 1 N–H and O–H groups in total. The molecule has 1 aromatic carbocycles. The van der Waals surface area contributed by atoms with Gasteiger partial charge >= 0.3 is 0 Å². The Hall–Kier alpha value is -1.23. The molecule has 3 rings (SSSR count). The summed E-state index contributed by atoms with van der Waals surface area (Å²) in [5, 5.41) is 9.53. The average Bonchev–Trinajstić information content (AvgIpc) is 3.00. The van der Waals surface area contributed by atoms with Crippen molar-refractivity contribution in [3.05, 3.63) is 41.0 Å². The molecular weight excluding hydrogens is 256 g/mol. The summed E-state index contributed by atoms with van der Waals surface area (Å²) in [6.07, 6.45) is 0.761. The number of aliphatic hydroxyl groups excluding tert-OH is 1. The molecule has 0 spiro atoms. The first kappa shape index (κ1) is 12.8. The summed E-state index contributed by atoms with van der Waals surface area (Å²) >= 11 is 1.69. The Kier molecular flexibility index (Phi) is 3.64. The summed E-state index contributed by atoms with van der Waals surface area (Å²) in [7, 11) is 0. The number of aliphatic hydroxyl groups is 1. The van der Waals surface area contributed by atoms with Crippen molar-refractivity contribution < 1.29 is 5.11 Å². The monoisotopic (exact) mass is 274 g/mol. The van der Waals surface area contributed by atoms with Crippen LogP contribution in [0.4, 0.5) is 0 Å². The fourth-order valence-electron chi connectivity index (χ4n) is 2.55. The van der Waals surface area contributed by atoms with Gasteiger partial charge in [0.05, 0.1) is 22.2 Å². The number of rotatable bonds is 3. The highest BCUT2D eigenvalue weighted by Gasteiger charge is 2.19. The van der Waals surface area contributed by atoms with Gasteiger partial charge < -0.3 is 5.11 Å². The lowest BCUT2D eigenvalue weighted by molar-refractivity contribution is 0.175. The van der Waals surface area contributed by atoms with Crippen LogP contribution in [0.3, 0.4) is 0 Å².